The lowest BCUT2D eigenvalue weighted by molar-refractivity contribution is 0.0880. The molecule has 0 aliphatic rings. The van der Waals surface area contributed by atoms with Gasteiger partial charge in [-0.1, -0.05) is 22.0 Å². The predicted octanol–water partition coefficient (Wildman–Crippen LogP) is 2.18. The van der Waals surface area contributed by atoms with Crippen molar-refractivity contribution < 1.29 is 13.9 Å². The molecule has 0 aliphatic heterocycles. The van der Waals surface area contributed by atoms with E-state index in [0.717, 1.165) is 4.47 Å². The molecule has 0 saturated carbocycles. The van der Waals surface area contributed by atoms with E-state index in [9.17, 15) is 4.39 Å². The molecule has 0 aromatic heterocycles. The summed E-state index contributed by atoms with van der Waals surface area (Å²) < 4.78 is 25.1. The molecule has 114 valence electrons. The fourth-order valence-electron chi connectivity index (χ4n) is 2.09. The number of nitrogens with zero attached hydrogens (tertiary/aromatic N) is 1. The van der Waals surface area contributed by atoms with Gasteiger partial charge in [0.25, 0.3) is 0 Å². The third-order valence-electron chi connectivity index (χ3n) is 3.15. The van der Waals surface area contributed by atoms with Crippen LogP contribution in [0, 0.1) is 5.82 Å². The average molecular weight is 349 g/mol. The van der Waals surface area contributed by atoms with Crippen LogP contribution in [0.4, 0.5) is 4.39 Å². The third-order valence-corrected chi connectivity index (χ3v) is 3.64. The van der Waals surface area contributed by atoms with Gasteiger partial charge in [-0.25, -0.2) is 4.39 Å². The molecule has 6 heteroatoms. The second kappa shape index (κ2) is 9.41. The maximum absolute atomic E-state index is 14.1. The summed E-state index contributed by atoms with van der Waals surface area (Å²) in [5.74, 6) is -0.255. The maximum Gasteiger partial charge on any atom is 0.129 e. The quantitative estimate of drug-likeness (QED) is 0.743. The van der Waals surface area contributed by atoms with Gasteiger partial charge in [-0.2, -0.15) is 0 Å². The lowest BCUT2D eigenvalue weighted by Gasteiger charge is -2.31. The van der Waals surface area contributed by atoms with Crippen LogP contribution >= 0.6 is 15.9 Å². The summed E-state index contributed by atoms with van der Waals surface area (Å²) in [5, 5.41) is 0. The summed E-state index contributed by atoms with van der Waals surface area (Å²) >= 11 is 3.26. The van der Waals surface area contributed by atoms with Gasteiger partial charge in [0, 0.05) is 43.9 Å². The molecule has 0 saturated heterocycles. The van der Waals surface area contributed by atoms with Crippen LogP contribution < -0.4 is 5.73 Å². The van der Waals surface area contributed by atoms with Crippen LogP contribution in [0.25, 0.3) is 0 Å². The molecule has 0 aliphatic carbocycles. The number of hydrogen-bond donors (Lipinski definition) is 1. The normalized spacial score (nSPS) is 12.9. The van der Waals surface area contributed by atoms with Gasteiger partial charge in [0.15, 0.2) is 0 Å². The first-order valence-corrected chi connectivity index (χ1v) is 7.30. The first-order chi connectivity index (χ1) is 9.63. The Labute approximate surface area is 128 Å². The Hall–Kier alpha value is -0.530. The van der Waals surface area contributed by atoms with Gasteiger partial charge in [0.2, 0.25) is 0 Å². The molecule has 1 rings (SSSR count). The molecule has 2 N–H and O–H groups in total. The fraction of sp³-hybridized carbons (Fsp3) is 0.571. The largest absolute Gasteiger partial charge is 0.383 e. The third kappa shape index (κ3) is 5.10. The molecule has 1 aromatic rings. The van der Waals surface area contributed by atoms with E-state index in [4.69, 9.17) is 15.2 Å². The smallest absolute Gasteiger partial charge is 0.129 e. The summed E-state index contributed by atoms with van der Waals surface area (Å²) in [4.78, 5) is 2.08. The van der Waals surface area contributed by atoms with Gasteiger partial charge in [-0.05, 0) is 12.1 Å². The number of halogens is 2. The minimum absolute atomic E-state index is 0.187. The van der Waals surface area contributed by atoms with Crippen LogP contribution in [-0.2, 0) is 9.47 Å². The van der Waals surface area contributed by atoms with E-state index in [1.54, 1.807) is 20.3 Å². The molecular formula is C14H22BrFN2O2. The lowest BCUT2D eigenvalue weighted by Crippen LogP contribution is -2.38. The summed E-state index contributed by atoms with van der Waals surface area (Å²) in [7, 11) is 3.29. The molecule has 0 bridgehead atoms. The van der Waals surface area contributed by atoms with Crippen LogP contribution in [0.2, 0.25) is 0 Å². The van der Waals surface area contributed by atoms with Crippen molar-refractivity contribution in [2.24, 2.45) is 5.73 Å². The van der Waals surface area contributed by atoms with Crippen LogP contribution in [0.1, 0.15) is 11.6 Å². The second-order valence-electron chi connectivity index (χ2n) is 4.44. The fourth-order valence-corrected chi connectivity index (χ4v) is 2.42. The summed E-state index contributed by atoms with van der Waals surface area (Å²) in [6, 6.07) is 4.87. The molecule has 0 spiro atoms. The minimum atomic E-state index is -0.255. The first-order valence-electron chi connectivity index (χ1n) is 6.51. The SMILES string of the molecule is COCCN(CCOC)C(CN)c1ccc(Br)cc1F. The lowest BCUT2D eigenvalue weighted by atomic mass is 10.0. The van der Waals surface area contributed by atoms with E-state index in [-0.39, 0.29) is 11.9 Å². The van der Waals surface area contributed by atoms with Crippen LogP contribution in [0.15, 0.2) is 22.7 Å². The van der Waals surface area contributed by atoms with Crippen molar-refractivity contribution >= 4 is 15.9 Å². The van der Waals surface area contributed by atoms with Gasteiger partial charge >= 0.3 is 0 Å². The second-order valence-corrected chi connectivity index (χ2v) is 5.35. The Balaban J connectivity index is 2.92. The monoisotopic (exact) mass is 348 g/mol. The van der Waals surface area contributed by atoms with E-state index in [0.29, 0.717) is 38.4 Å². The number of nitrogens with two attached hydrogens (primary N) is 1. The van der Waals surface area contributed by atoms with Gasteiger partial charge in [-0.3, -0.25) is 4.90 Å². The molecule has 4 nitrogen and oxygen atoms in total. The van der Waals surface area contributed by atoms with Gasteiger partial charge in [0.05, 0.1) is 19.3 Å². The topological polar surface area (TPSA) is 47.7 Å². The number of ether oxygens (including phenoxy) is 2. The number of hydrogen-bond acceptors (Lipinski definition) is 4. The van der Waals surface area contributed by atoms with Crippen molar-refractivity contribution in [1.82, 2.24) is 4.90 Å². The van der Waals surface area contributed by atoms with E-state index in [1.807, 2.05) is 6.07 Å². The Morgan fingerprint density at radius 2 is 1.85 bits per heavy atom. The summed E-state index contributed by atoms with van der Waals surface area (Å²) in [6.45, 7) is 2.83. The molecule has 0 radical (unpaired) electrons. The zero-order chi connectivity index (χ0) is 15.0. The first kappa shape index (κ1) is 17.5. The van der Waals surface area contributed by atoms with E-state index >= 15 is 0 Å². The van der Waals surface area contributed by atoms with Crippen molar-refractivity contribution in [3.05, 3.63) is 34.1 Å². The van der Waals surface area contributed by atoms with E-state index in [1.165, 1.54) is 6.07 Å². The Kier molecular flexibility index (Phi) is 8.25. The van der Waals surface area contributed by atoms with Crippen molar-refractivity contribution in [2.45, 2.75) is 6.04 Å². The molecule has 0 amide bonds. The molecule has 0 heterocycles. The summed E-state index contributed by atoms with van der Waals surface area (Å²) in [5.41, 5.74) is 6.45. The van der Waals surface area contributed by atoms with E-state index < -0.39 is 0 Å². The van der Waals surface area contributed by atoms with Crippen molar-refractivity contribution in [2.75, 3.05) is 47.1 Å². The molecular weight excluding hydrogens is 327 g/mol. The Morgan fingerprint density at radius 3 is 2.30 bits per heavy atom. The van der Waals surface area contributed by atoms with Crippen LogP contribution in [-0.4, -0.2) is 52.0 Å². The number of rotatable bonds is 9. The highest BCUT2D eigenvalue weighted by Gasteiger charge is 2.21. The van der Waals surface area contributed by atoms with E-state index in [2.05, 4.69) is 20.8 Å². The number of benzene rings is 1. The molecule has 1 unspecified atom stereocenters. The Morgan fingerprint density at radius 1 is 1.25 bits per heavy atom. The highest BCUT2D eigenvalue weighted by atomic mass is 79.9. The highest BCUT2D eigenvalue weighted by molar-refractivity contribution is 9.10. The van der Waals surface area contributed by atoms with Crippen LogP contribution in [0.5, 0.6) is 0 Å². The van der Waals surface area contributed by atoms with Crippen molar-refractivity contribution in [3.8, 4) is 0 Å². The molecule has 0 fully saturated rings. The van der Waals surface area contributed by atoms with Crippen LogP contribution in [0.3, 0.4) is 0 Å². The van der Waals surface area contributed by atoms with Gasteiger partial charge < -0.3 is 15.2 Å². The summed E-state index contributed by atoms with van der Waals surface area (Å²) in [6.07, 6.45) is 0. The zero-order valence-electron chi connectivity index (χ0n) is 11.9. The molecule has 1 aromatic carbocycles. The number of methoxy groups -OCH3 is 2. The highest BCUT2D eigenvalue weighted by Crippen LogP contribution is 2.25. The Bertz CT molecular complexity index is 399. The van der Waals surface area contributed by atoms with Gasteiger partial charge in [-0.15, -0.1) is 0 Å². The predicted molar refractivity (Wildman–Crippen MR) is 81.2 cm³/mol. The van der Waals surface area contributed by atoms with Crippen molar-refractivity contribution in [1.29, 1.82) is 0 Å². The van der Waals surface area contributed by atoms with Crippen molar-refractivity contribution in [3.63, 3.8) is 0 Å². The standard InChI is InChI=1S/C14H22BrFN2O2/c1-19-7-5-18(6-8-20-2)14(10-17)12-4-3-11(15)9-13(12)16/h3-4,9,14H,5-8,10,17H2,1-2H3. The average Bonchev–Trinajstić information content (AvgIpc) is 2.43. The maximum atomic E-state index is 14.1. The molecule has 20 heavy (non-hydrogen) atoms. The molecule has 1 atom stereocenters. The minimum Gasteiger partial charge on any atom is -0.383 e. The van der Waals surface area contributed by atoms with Gasteiger partial charge in [0.1, 0.15) is 5.82 Å². The zero-order valence-corrected chi connectivity index (χ0v) is 13.5.